The van der Waals surface area contributed by atoms with Gasteiger partial charge in [-0.3, -0.25) is 4.79 Å². The SMILES string of the molecule is Cc1ccc2oc(N3CCNC(=O)C3C)nc2c1C(=O)O. The van der Waals surface area contributed by atoms with Gasteiger partial charge in [-0.25, -0.2) is 4.79 Å². The van der Waals surface area contributed by atoms with E-state index in [0.29, 0.717) is 29.8 Å². The second-order valence-electron chi connectivity index (χ2n) is 5.07. The van der Waals surface area contributed by atoms with E-state index in [2.05, 4.69) is 10.3 Å². The molecule has 1 saturated heterocycles. The predicted octanol–water partition coefficient (Wildman–Crippen LogP) is 1.16. The molecule has 21 heavy (non-hydrogen) atoms. The summed E-state index contributed by atoms with van der Waals surface area (Å²) in [4.78, 5) is 29.1. The minimum absolute atomic E-state index is 0.0989. The number of benzene rings is 1. The van der Waals surface area contributed by atoms with Crippen LogP contribution in [0.5, 0.6) is 0 Å². The van der Waals surface area contributed by atoms with Crippen molar-refractivity contribution < 1.29 is 19.1 Å². The quantitative estimate of drug-likeness (QED) is 0.861. The number of hydrogen-bond acceptors (Lipinski definition) is 5. The van der Waals surface area contributed by atoms with Crippen molar-refractivity contribution in [3.8, 4) is 0 Å². The van der Waals surface area contributed by atoms with E-state index in [4.69, 9.17) is 4.42 Å². The number of amides is 1. The number of rotatable bonds is 2. The van der Waals surface area contributed by atoms with Crippen LogP contribution in [0.2, 0.25) is 0 Å². The molecule has 0 bridgehead atoms. The van der Waals surface area contributed by atoms with Crippen LogP contribution in [0.3, 0.4) is 0 Å². The van der Waals surface area contributed by atoms with E-state index in [9.17, 15) is 14.7 Å². The predicted molar refractivity (Wildman–Crippen MR) is 75.5 cm³/mol. The Bertz CT molecular complexity index is 737. The fourth-order valence-electron chi connectivity index (χ4n) is 2.52. The maximum atomic E-state index is 11.7. The van der Waals surface area contributed by atoms with Crippen LogP contribution in [0.4, 0.5) is 6.01 Å². The van der Waals surface area contributed by atoms with Gasteiger partial charge < -0.3 is 19.7 Å². The molecule has 7 heteroatoms. The molecule has 1 atom stereocenters. The molecule has 0 saturated carbocycles. The normalized spacial score (nSPS) is 18.9. The zero-order valence-electron chi connectivity index (χ0n) is 11.7. The summed E-state index contributed by atoms with van der Waals surface area (Å²) in [5.41, 5.74) is 1.48. The maximum Gasteiger partial charge on any atom is 0.338 e. The lowest BCUT2D eigenvalue weighted by molar-refractivity contribution is -0.123. The number of fused-ring (bicyclic) bond motifs is 1. The van der Waals surface area contributed by atoms with E-state index in [-0.39, 0.29) is 17.5 Å². The Balaban J connectivity index is 2.11. The van der Waals surface area contributed by atoms with Gasteiger partial charge in [0.25, 0.3) is 6.01 Å². The second kappa shape index (κ2) is 4.76. The number of carbonyl (C=O) groups excluding carboxylic acids is 1. The highest BCUT2D eigenvalue weighted by molar-refractivity contribution is 6.02. The fraction of sp³-hybridized carbons (Fsp3) is 0.357. The summed E-state index contributed by atoms with van der Waals surface area (Å²) >= 11 is 0. The van der Waals surface area contributed by atoms with Gasteiger partial charge in [0.05, 0.1) is 5.56 Å². The van der Waals surface area contributed by atoms with Crippen molar-refractivity contribution >= 4 is 29.0 Å². The zero-order valence-corrected chi connectivity index (χ0v) is 11.7. The number of carboxylic acid groups (broad SMARTS) is 1. The number of nitrogens with zero attached hydrogens (tertiary/aromatic N) is 2. The zero-order chi connectivity index (χ0) is 15.1. The minimum Gasteiger partial charge on any atom is -0.478 e. The molecule has 1 fully saturated rings. The van der Waals surface area contributed by atoms with Crippen molar-refractivity contribution in [3.05, 3.63) is 23.3 Å². The first-order valence-corrected chi connectivity index (χ1v) is 6.67. The van der Waals surface area contributed by atoms with Gasteiger partial charge in [0.1, 0.15) is 11.6 Å². The van der Waals surface area contributed by atoms with E-state index in [0.717, 1.165) is 0 Å². The number of aryl methyl sites for hydroxylation is 1. The minimum atomic E-state index is -1.04. The Labute approximate surface area is 120 Å². The molecule has 1 aliphatic rings. The van der Waals surface area contributed by atoms with E-state index in [1.807, 2.05) is 0 Å². The smallest absolute Gasteiger partial charge is 0.338 e. The summed E-state index contributed by atoms with van der Waals surface area (Å²) in [5, 5.41) is 12.1. The lowest BCUT2D eigenvalue weighted by atomic mass is 10.1. The van der Waals surface area contributed by atoms with Crippen molar-refractivity contribution in [2.75, 3.05) is 18.0 Å². The van der Waals surface area contributed by atoms with Crippen LogP contribution < -0.4 is 10.2 Å². The largest absolute Gasteiger partial charge is 0.478 e. The van der Waals surface area contributed by atoms with Crippen molar-refractivity contribution in [3.63, 3.8) is 0 Å². The van der Waals surface area contributed by atoms with E-state index >= 15 is 0 Å². The first kappa shape index (κ1) is 13.4. The van der Waals surface area contributed by atoms with E-state index in [1.165, 1.54) is 0 Å². The average molecular weight is 289 g/mol. The van der Waals surface area contributed by atoms with Crippen LogP contribution in [-0.2, 0) is 4.79 Å². The maximum absolute atomic E-state index is 11.7. The standard InChI is InChI=1S/C14H15N3O4/c1-7-3-4-9-11(10(7)13(19)20)16-14(21-9)17-6-5-15-12(18)8(17)2/h3-4,8H,5-6H2,1-2H3,(H,15,18)(H,19,20). The van der Waals surface area contributed by atoms with E-state index in [1.54, 1.807) is 30.9 Å². The molecule has 1 amide bonds. The number of aromatic nitrogens is 1. The Hall–Kier alpha value is -2.57. The van der Waals surface area contributed by atoms with Crippen molar-refractivity contribution in [1.29, 1.82) is 0 Å². The van der Waals surface area contributed by atoms with Gasteiger partial charge in [-0.15, -0.1) is 0 Å². The number of aromatic carboxylic acids is 1. The Morgan fingerprint density at radius 2 is 2.29 bits per heavy atom. The third-order valence-corrected chi connectivity index (χ3v) is 3.72. The highest BCUT2D eigenvalue weighted by Crippen LogP contribution is 2.28. The van der Waals surface area contributed by atoms with Crippen LogP contribution in [0.25, 0.3) is 11.1 Å². The molecule has 110 valence electrons. The molecule has 1 aromatic heterocycles. The molecule has 2 heterocycles. The Morgan fingerprint density at radius 3 is 3.00 bits per heavy atom. The van der Waals surface area contributed by atoms with Gasteiger partial charge in [-0.2, -0.15) is 4.98 Å². The Morgan fingerprint density at radius 1 is 1.52 bits per heavy atom. The first-order valence-electron chi connectivity index (χ1n) is 6.67. The van der Waals surface area contributed by atoms with Crippen LogP contribution in [0.15, 0.2) is 16.5 Å². The number of nitrogens with one attached hydrogen (secondary N) is 1. The van der Waals surface area contributed by atoms with E-state index < -0.39 is 12.0 Å². The average Bonchev–Trinajstić information content (AvgIpc) is 2.84. The van der Waals surface area contributed by atoms with Gasteiger partial charge in [0, 0.05) is 13.1 Å². The van der Waals surface area contributed by atoms with Crippen LogP contribution >= 0.6 is 0 Å². The number of carboxylic acids is 1. The van der Waals surface area contributed by atoms with Crippen LogP contribution in [0.1, 0.15) is 22.8 Å². The molecule has 1 unspecified atom stereocenters. The molecule has 2 aromatic rings. The number of hydrogen-bond donors (Lipinski definition) is 2. The number of anilines is 1. The third-order valence-electron chi connectivity index (χ3n) is 3.72. The van der Waals surface area contributed by atoms with Gasteiger partial charge in [-0.05, 0) is 25.5 Å². The summed E-state index contributed by atoms with van der Waals surface area (Å²) in [6.45, 7) is 4.55. The van der Waals surface area contributed by atoms with Crippen LogP contribution in [0, 0.1) is 6.92 Å². The third kappa shape index (κ3) is 2.10. The molecule has 0 radical (unpaired) electrons. The first-order chi connectivity index (χ1) is 9.99. The number of carbonyl (C=O) groups is 2. The molecular weight excluding hydrogens is 274 g/mol. The molecule has 3 rings (SSSR count). The summed E-state index contributed by atoms with van der Waals surface area (Å²) in [6.07, 6.45) is 0. The molecule has 1 aliphatic heterocycles. The summed E-state index contributed by atoms with van der Waals surface area (Å²) in [6, 6.07) is 3.26. The number of piperazine rings is 1. The lowest BCUT2D eigenvalue weighted by Gasteiger charge is -2.31. The second-order valence-corrected chi connectivity index (χ2v) is 5.07. The summed E-state index contributed by atoms with van der Waals surface area (Å²) < 4.78 is 5.64. The monoisotopic (exact) mass is 289 g/mol. The van der Waals surface area contributed by atoms with Gasteiger partial charge in [0.15, 0.2) is 5.58 Å². The lowest BCUT2D eigenvalue weighted by Crippen LogP contribution is -2.54. The molecule has 0 spiro atoms. The summed E-state index contributed by atoms with van der Waals surface area (Å²) in [7, 11) is 0. The fourth-order valence-corrected chi connectivity index (χ4v) is 2.52. The molecule has 2 N–H and O–H groups in total. The molecule has 1 aromatic carbocycles. The van der Waals surface area contributed by atoms with Crippen LogP contribution in [-0.4, -0.2) is 41.1 Å². The Kier molecular flexibility index (Phi) is 3.04. The molecule has 0 aliphatic carbocycles. The van der Waals surface area contributed by atoms with Gasteiger partial charge >= 0.3 is 5.97 Å². The van der Waals surface area contributed by atoms with Crippen molar-refractivity contribution in [1.82, 2.24) is 10.3 Å². The number of oxazole rings is 1. The van der Waals surface area contributed by atoms with Crippen molar-refractivity contribution in [2.24, 2.45) is 0 Å². The van der Waals surface area contributed by atoms with Gasteiger partial charge in [-0.1, -0.05) is 6.07 Å². The molecular formula is C14H15N3O4. The topological polar surface area (TPSA) is 95.7 Å². The highest BCUT2D eigenvalue weighted by atomic mass is 16.4. The summed E-state index contributed by atoms with van der Waals surface area (Å²) in [5.74, 6) is -1.14. The van der Waals surface area contributed by atoms with Crippen molar-refractivity contribution in [2.45, 2.75) is 19.9 Å². The van der Waals surface area contributed by atoms with Gasteiger partial charge in [0.2, 0.25) is 5.91 Å². The molecule has 7 nitrogen and oxygen atoms in total. The highest BCUT2D eigenvalue weighted by Gasteiger charge is 2.29.